The first-order valence-electron chi connectivity index (χ1n) is 8.96. The second kappa shape index (κ2) is 5.58. The van der Waals surface area contributed by atoms with Crippen LogP contribution in [-0.4, -0.2) is 48.8 Å². The van der Waals surface area contributed by atoms with Crippen molar-refractivity contribution in [1.82, 2.24) is 10.2 Å². The Morgan fingerprint density at radius 1 is 1.00 bits per heavy atom. The van der Waals surface area contributed by atoms with Gasteiger partial charge in [-0.05, 0) is 64.0 Å². The molecular formula is C17H30N2O. The minimum absolute atomic E-state index is 0.308. The molecule has 4 fully saturated rings. The van der Waals surface area contributed by atoms with E-state index in [1.807, 2.05) is 0 Å². The van der Waals surface area contributed by atoms with E-state index in [9.17, 15) is 0 Å². The van der Waals surface area contributed by atoms with Crippen LogP contribution in [0.25, 0.3) is 0 Å². The van der Waals surface area contributed by atoms with Gasteiger partial charge in [0, 0.05) is 19.1 Å². The molecule has 3 heteroatoms. The molecular weight excluding hydrogens is 248 g/mol. The van der Waals surface area contributed by atoms with Crippen molar-refractivity contribution in [3.05, 3.63) is 0 Å². The summed E-state index contributed by atoms with van der Waals surface area (Å²) in [6.07, 6.45) is 12.8. The summed E-state index contributed by atoms with van der Waals surface area (Å²) in [6.45, 7) is 4.98. The minimum Gasteiger partial charge on any atom is -0.370 e. The minimum atomic E-state index is 0.308. The first-order chi connectivity index (χ1) is 9.83. The summed E-state index contributed by atoms with van der Waals surface area (Å²) in [4.78, 5) is 2.71. The van der Waals surface area contributed by atoms with Crippen LogP contribution in [0.15, 0.2) is 0 Å². The number of ether oxygens (including phenoxy) is 1. The van der Waals surface area contributed by atoms with Crippen molar-refractivity contribution < 1.29 is 4.74 Å². The number of rotatable bonds is 5. The van der Waals surface area contributed by atoms with Crippen LogP contribution in [0, 0.1) is 5.92 Å². The Morgan fingerprint density at radius 3 is 2.65 bits per heavy atom. The van der Waals surface area contributed by atoms with Crippen molar-refractivity contribution in [2.24, 2.45) is 5.92 Å². The first-order valence-corrected chi connectivity index (χ1v) is 8.96. The molecule has 2 saturated heterocycles. The van der Waals surface area contributed by atoms with Crippen molar-refractivity contribution >= 4 is 0 Å². The summed E-state index contributed by atoms with van der Waals surface area (Å²) in [7, 11) is 0. The number of nitrogens with zero attached hydrogens (tertiary/aromatic N) is 1. The maximum absolute atomic E-state index is 6.37. The normalized spacial score (nSPS) is 37.2. The van der Waals surface area contributed by atoms with Crippen molar-refractivity contribution in [3.63, 3.8) is 0 Å². The molecule has 0 aromatic carbocycles. The lowest BCUT2D eigenvalue weighted by molar-refractivity contribution is -0.0352. The van der Waals surface area contributed by atoms with Crippen LogP contribution in [-0.2, 0) is 4.74 Å². The van der Waals surface area contributed by atoms with Gasteiger partial charge in [0.2, 0.25) is 0 Å². The van der Waals surface area contributed by atoms with E-state index >= 15 is 0 Å². The van der Waals surface area contributed by atoms with Gasteiger partial charge in [-0.15, -0.1) is 0 Å². The van der Waals surface area contributed by atoms with Crippen LogP contribution in [0.5, 0.6) is 0 Å². The third-order valence-corrected chi connectivity index (χ3v) is 6.04. The summed E-state index contributed by atoms with van der Waals surface area (Å²) in [5, 5.41) is 3.70. The highest BCUT2D eigenvalue weighted by Crippen LogP contribution is 2.43. The van der Waals surface area contributed by atoms with E-state index < -0.39 is 0 Å². The van der Waals surface area contributed by atoms with E-state index in [-0.39, 0.29) is 0 Å². The molecule has 0 radical (unpaired) electrons. The summed E-state index contributed by atoms with van der Waals surface area (Å²) in [5.74, 6) is 0.887. The Hall–Kier alpha value is -0.120. The summed E-state index contributed by atoms with van der Waals surface area (Å²) in [6, 6.07) is 0.959. The molecule has 2 unspecified atom stereocenters. The largest absolute Gasteiger partial charge is 0.370 e. The molecule has 2 aliphatic heterocycles. The van der Waals surface area contributed by atoms with Gasteiger partial charge >= 0.3 is 0 Å². The molecule has 1 spiro atoms. The van der Waals surface area contributed by atoms with Gasteiger partial charge in [-0.3, -0.25) is 0 Å². The van der Waals surface area contributed by atoms with Crippen molar-refractivity contribution in [2.45, 2.75) is 75.5 Å². The summed E-state index contributed by atoms with van der Waals surface area (Å²) in [5.41, 5.74) is 0.308. The SMILES string of the molecule is C1CCC2(C1)CCC(CNCC1CCN(C3CC3)C1)O2. The molecule has 114 valence electrons. The fourth-order valence-corrected chi connectivity index (χ4v) is 4.68. The van der Waals surface area contributed by atoms with Gasteiger partial charge in [0.1, 0.15) is 0 Å². The molecule has 20 heavy (non-hydrogen) atoms. The van der Waals surface area contributed by atoms with Crippen molar-refractivity contribution in [1.29, 1.82) is 0 Å². The van der Waals surface area contributed by atoms with Crippen molar-refractivity contribution in [2.75, 3.05) is 26.2 Å². The third-order valence-electron chi connectivity index (χ3n) is 6.04. The monoisotopic (exact) mass is 278 g/mol. The Bertz CT molecular complexity index is 336. The van der Waals surface area contributed by atoms with E-state index in [0.29, 0.717) is 11.7 Å². The molecule has 3 nitrogen and oxygen atoms in total. The molecule has 0 aromatic heterocycles. The average molecular weight is 278 g/mol. The van der Waals surface area contributed by atoms with E-state index in [0.717, 1.165) is 18.5 Å². The van der Waals surface area contributed by atoms with Crippen molar-refractivity contribution in [3.8, 4) is 0 Å². The fraction of sp³-hybridized carbons (Fsp3) is 1.00. The van der Waals surface area contributed by atoms with E-state index in [2.05, 4.69) is 10.2 Å². The molecule has 0 aromatic rings. The number of hydrogen-bond acceptors (Lipinski definition) is 3. The van der Waals surface area contributed by atoms with E-state index in [4.69, 9.17) is 4.74 Å². The Labute approximate surface area is 123 Å². The Kier molecular flexibility index (Phi) is 3.78. The van der Waals surface area contributed by atoms with Crippen LogP contribution >= 0.6 is 0 Å². The second-order valence-corrected chi connectivity index (χ2v) is 7.71. The first kappa shape index (κ1) is 13.5. The van der Waals surface area contributed by atoms with Gasteiger partial charge in [0.15, 0.2) is 0 Å². The zero-order valence-corrected chi connectivity index (χ0v) is 12.8. The van der Waals surface area contributed by atoms with Crippen LogP contribution in [0.4, 0.5) is 0 Å². The van der Waals surface area contributed by atoms with Gasteiger partial charge in [0.05, 0.1) is 11.7 Å². The predicted octanol–water partition coefficient (Wildman–Crippen LogP) is 2.55. The van der Waals surface area contributed by atoms with Crippen LogP contribution in [0.1, 0.15) is 57.8 Å². The molecule has 2 aliphatic carbocycles. The highest BCUT2D eigenvalue weighted by atomic mass is 16.5. The molecule has 2 saturated carbocycles. The van der Waals surface area contributed by atoms with E-state index in [1.54, 1.807) is 0 Å². The third kappa shape index (κ3) is 2.90. The topological polar surface area (TPSA) is 24.5 Å². The quantitative estimate of drug-likeness (QED) is 0.836. The molecule has 2 atom stereocenters. The standard InChI is InChI=1S/C17H30N2O/c1-2-8-17(7-1)9-5-16(20-17)12-18-11-14-6-10-19(13-14)15-3-4-15/h14-16,18H,1-13H2. The lowest BCUT2D eigenvalue weighted by Gasteiger charge is -2.24. The van der Waals surface area contributed by atoms with Crippen LogP contribution in [0.2, 0.25) is 0 Å². The zero-order chi connectivity index (χ0) is 13.4. The lowest BCUT2D eigenvalue weighted by atomic mass is 9.98. The second-order valence-electron chi connectivity index (χ2n) is 7.71. The van der Waals surface area contributed by atoms with E-state index in [1.165, 1.54) is 77.4 Å². The molecule has 2 heterocycles. The molecule has 4 aliphatic rings. The maximum Gasteiger partial charge on any atom is 0.0708 e. The number of nitrogens with one attached hydrogen (secondary N) is 1. The lowest BCUT2D eigenvalue weighted by Crippen LogP contribution is -2.34. The van der Waals surface area contributed by atoms with Gasteiger partial charge in [-0.25, -0.2) is 0 Å². The summed E-state index contributed by atoms with van der Waals surface area (Å²) >= 11 is 0. The van der Waals surface area contributed by atoms with Gasteiger partial charge < -0.3 is 15.0 Å². The maximum atomic E-state index is 6.37. The predicted molar refractivity (Wildman–Crippen MR) is 80.9 cm³/mol. The highest BCUT2D eigenvalue weighted by Gasteiger charge is 2.42. The Balaban J connectivity index is 1.15. The average Bonchev–Trinajstić information content (AvgIpc) is 2.90. The molecule has 1 N–H and O–H groups in total. The van der Waals surface area contributed by atoms with Gasteiger partial charge in [0.25, 0.3) is 0 Å². The molecule has 0 bridgehead atoms. The van der Waals surface area contributed by atoms with Crippen LogP contribution in [0.3, 0.4) is 0 Å². The van der Waals surface area contributed by atoms with Crippen LogP contribution < -0.4 is 5.32 Å². The number of hydrogen-bond donors (Lipinski definition) is 1. The van der Waals surface area contributed by atoms with Gasteiger partial charge in [-0.1, -0.05) is 12.8 Å². The fourth-order valence-electron chi connectivity index (χ4n) is 4.68. The highest BCUT2D eigenvalue weighted by molar-refractivity contribution is 4.94. The Morgan fingerprint density at radius 2 is 1.85 bits per heavy atom. The summed E-state index contributed by atoms with van der Waals surface area (Å²) < 4.78 is 6.37. The van der Waals surface area contributed by atoms with Gasteiger partial charge in [-0.2, -0.15) is 0 Å². The zero-order valence-electron chi connectivity index (χ0n) is 12.8. The number of likely N-dealkylation sites (tertiary alicyclic amines) is 1. The molecule has 0 amide bonds. The smallest absolute Gasteiger partial charge is 0.0708 e. The molecule has 4 rings (SSSR count).